The van der Waals surface area contributed by atoms with Gasteiger partial charge in [-0.1, -0.05) is 36.4 Å². The molecule has 0 saturated heterocycles. The first-order chi connectivity index (χ1) is 9.65. The minimum absolute atomic E-state index is 0.0471. The normalized spacial score (nSPS) is 15.3. The van der Waals surface area contributed by atoms with Crippen molar-refractivity contribution >= 4 is 11.7 Å². The van der Waals surface area contributed by atoms with Crippen LogP contribution in [0.1, 0.15) is 17.0 Å². The lowest BCUT2D eigenvalue weighted by Crippen LogP contribution is -2.14. The van der Waals surface area contributed by atoms with Crippen molar-refractivity contribution in [2.24, 2.45) is 0 Å². The Labute approximate surface area is 115 Å². The zero-order chi connectivity index (χ0) is 14.3. The van der Waals surface area contributed by atoms with Gasteiger partial charge in [0.25, 0.3) is 5.69 Å². The number of fused-ring (bicyclic) bond motifs is 3. The number of nitro benzene ring substituents is 1. The topological polar surface area (TPSA) is 69.4 Å². The van der Waals surface area contributed by atoms with Crippen LogP contribution in [0.4, 0.5) is 5.69 Å². The Morgan fingerprint density at radius 3 is 2.55 bits per heavy atom. The molecule has 100 valence electrons. The van der Waals surface area contributed by atoms with E-state index in [4.69, 9.17) is 4.74 Å². The highest BCUT2D eigenvalue weighted by atomic mass is 16.6. The second-order valence-corrected chi connectivity index (χ2v) is 4.54. The molecule has 0 spiro atoms. The molecule has 0 aromatic heterocycles. The molecule has 5 nitrogen and oxygen atoms in total. The lowest BCUT2D eigenvalue weighted by molar-refractivity contribution is -0.385. The SMILES string of the molecule is COC(=O)C1c2ccccc2-c2cccc([N+](=O)[O-])c21. The minimum atomic E-state index is -0.729. The molecule has 1 aliphatic rings. The van der Waals surface area contributed by atoms with Crippen molar-refractivity contribution < 1.29 is 14.5 Å². The molecule has 1 atom stereocenters. The largest absolute Gasteiger partial charge is 0.468 e. The van der Waals surface area contributed by atoms with E-state index in [2.05, 4.69) is 0 Å². The third-order valence-corrected chi connectivity index (χ3v) is 3.57. The summed E-state index contributed by atoms with van der Waals surface area (Å²) in [6.07, 6.45) is 0. The van der Waals surface area contributed by atoms with Crippen molar-refractivity contribution in [1.29, 1.82) is 0 Å². The second-order valence-electron chi connectivity index (χ2n) is 4.54. The summed E-state index contributed by atoms with van der Waals surface area (Å²) in [7, 11) is 1.29. The summed E-state index contributed by atoms with van der Waals surface area (Å²) in [4.78, 5) is 22.8. The number of carbonyl (C=O) groups is 1. The lowest BCUT2D eigenvalue weighted by Gasteiger charge is -2.10. The molecule has 1 aliphatic carbocycles. The van der Waals surface area contributed by atoms with E-state index in [9.17, 15) is 14.9 Å². The van der Waals surface area contributed by atoms with Gasteiger partial charge in [-0.3, -0.25) is 14.9 Å². The number of methoxy groups -OCH3 is 1. The zero-order valence-corrected chi connectivity index (χ0v) is 10.7. The average molecular weight is 269 g/mol. The molecular weight excluding hydrogens is 258 g/mol. The number of nitrogens with zero attached hydrogens (tertiary/aromatic N) is 1. The van der Waals surface area contributed by atoms with Crippen LogP contribution >= 0.6 is 0 Å². The van der Waals surface area contributed by atoms with E-state index >= 15 is 0 Å². The monoisotopic (exact) mass is 269 g/mol. The van der Waals surface area contributed by atoms with Gasteiger partial charge in [0.05, 0.1) is 17.6 Å². The first-order valence-corrected chi connectivity index (χ1v) is 6.09. The number of esters is 1. The molecule has 1 unspecified atom stereocenters. The van der Waals surface area contributed by atoms with Crippen LogP contribution in [0.15, 0.2) is 42.5 Å². The molecular formula is C15H11NO4. The molecule has 0 aliphatic heterocycles. The van der Waals surface area contributed by atoms with Crippen molar-refractivity contribution in [3.63, 3.8) is 0 Å². The highest BCUT2D eigenvalue weighted by molar-refractivity contribution is 5.95. The molecule has 3 rings (SSSR count). The van der Waals surface area contributed by atoms with E-state index < -0.39 is 16.8 Å². The number of carbonyl (C=O) groups excluding carboxylic acids is 1. The summed E-state index contributed by atoms with van der Waals surface area (Å²) in [6, 6.07) is 12.2. The van der Waals surface area contributed by atoms with Crippen molar-refractivity contribution in [3.8, 4) is 11.1 Å². The van der Waals surface area contributed by atoms with E-state index in [1.54, 1.807) is 18.2 Å². The van der Waals surface area contributed by atoms with Gasteiger partial charge >= 0.3 is 5.97 Å². The smallest absolute Gasteiger partial charge is 0.317 e. The first-order valence-electron chi connectivity index (χ1n) is 6.09. The lowest BCUT2D eigenvalue weighted by atomic mass is 9.96. The van der Waals surface area contributed by atoms with E-state index in [-0.39, 0.29) is 5.69 Å². The predicted molar refractivity (Wildman–Crippen MR) is 72.4 cm³/mol. The fourth-order valence-electron chi connectivity index (χ4n) is 2.76. The maximum absolute atomic E-state index is 12.1. The first kappa shape index (κ1) is 12.3. The highest BCUT2D eigenvalue weighted by Gasteiger charge is 2.39. The van der Waals surface area contributed by atoms with Crippen molar-refractivity contribution in [2.75, 3.05) is 7.11 Å². The van der Waals surface area contributed by atoms with Crippen LogP contribution in [0.3, 0.4) is 0 Å². The zero-order valence-electron chi connectivity index (χ0n) is 10.7. The number of hydrogen-bond acceptors (Lipinski definition) is 4. The molecule has 0 heterocycles. The van der Waals surface area contributed by atoms with E-state index in [1.165, 1.54) is 13.2 Å². The maximum Gasteiger partial charge on any atom is 0.317 e. The quantitative estimate of drug-likeness (QED) is 0.477. The predicted octanol–water partition coefficient (Wildman–Crippen LogP) is 2.88. The van der Waals surface area contributed by atoms with Crippen molar-refractivity contribution in [2.45, 2.75) is 5.92 Å². The Morgan fingerprint density at radius 1 is 1.15 bits per heavy atom. The molecule has 2 aromatic carbocycles. The van der Waals surface area contributed by atoms with Gasteiger partial charge in [0.2, 0.25) is 0 Å². The third kappa shape index (κ3) is 1.60. The summed E-state index contributed by atoms with van der Waals surface area (Å²) >= 11 is 0. The van der Waals surface area contributed by atoms with E-state index in [0.717, 1.165) is 16.7 Å². The van der Waals surface area contributed by atoms with Crippen LogP contribution in [-0.2, 0) is 9.53 Å². The highest BCUT2D eigenvalue weighted by Crippen LogP contribution is 2.48. The van der Waals surface area contributed by atoms with E-state index in [0.29, 0.717) is 5.56 Å². The Morgan fingerprint density at radius 2 is 1.85 bits per heavy atom. The van der Waals surface area contributed by atoms with E-state index in [1.807, 2.05) is 18.2 Å². The second kappa shape index (κ2) is 4.45. The van der Waals surface area contributed by atoms with Gasteiger partial charge in [-0.15, -0.1) is 0 Å². The summed E-state index contributed by atoms with van der Waals surface area (Å²) in [5.74, 6) is -1.21. The number of ether oxygens (including phenoxy) is 1. The number of rotatable bonds is 2. The standard InChI is InChI=1S/C15H11NO4/c1-20-15(17)14-11-6-3-2-5-9(11)10-7-4-8-12(13(10)14)16(18)19/h2-8,14H,1H3. The Kier molecular flexibility index (Phi) is 2.75. The van der Waals surface area contributed by atoms with Crippen molar-refractivity contribution in [3.05, 3.63) is 63.7 Å². The molecule has 20 heavy (non-hydrogen) atoms. The van der Waals surface area contributed by atoms with Gasteiger partial charge in [-0.05, 0) is 16.7 Å². The molecule has 5 heteroatoms. The molecule has 0 radical (unpaired) electrons. The van der Waals surface area contributed by atoms with Crippen LogP contribution in [0, 0.1) is 10.1 Å². The van der Waals surface area contributed by atoms with Crippen LogP contribution in [0.25, 0.3) is 11.1 Å². The van der Waals surface area contributed by atoms with Crippen LogP contribution in [0.5, 0.6) is 0 Å². The fourth-order valence-corrected chi connectivity index (χ4v) is 2.76. The average Bonchev–Trinajstić information content (AvgIpc) is 2.80. The third-order valence-electron chi connectivity index (χ3n) is 3.57. The van der Waals surface area contributed by atoms with Gasteiger partial charge in [0.1, 0.15) is 5.92 Å². The van der Waals surface area contributed by atoms with Crippen LogP contribution in [0.2, 0.25) is 0 Å². The summed E-state index contributed by atoms with van der Waals surface area (Å²) in [5.41, 5.74) is 2.70. The molecule has 0 bridgehead atoms. The van der Waals surface area contributed by atoms with Gasteiger partial charge in [0.15, 0.2) is 0 Å². The minimum Gasteiger partial charge on any atom is -0.468 e. The van der Waals surface area contributed by atoms with Gasteiger partial charge in [0, 0.05) is 6.07 Å². The Balaban J connectivity index is 2.34. The molecule has 0 fully saturated rings. The summed E-state index contributed by atoms with van der Waals surface area (Å²) < 4.78 is 4.82. The number of nitro groups is 1. The molecule has 0 amide bonds. The van der Waals surface area contributed by atoms with Crippen LogP contribution in [-0.4, -0.2) is 18.0 Å². The summed E-state index contributed by atoms with van der Waals surface area (Å²) in [6.45, 7) is 0. The van der Waals surface area contributed by atoms with Crippen LogP contribution < -0.4 is 0 Å². The van der Waals surface area contributed by atoms with Gasteiger partial charge in [-0.25, -0.2) is 0 Å². The molecule has 2 aromatic rings. The maximum atomic E-state index is 12.1. The Hall–Kier alpha value is -2.69. The molecule has 0 N–H and O–H groups in total. The number of hydrogen-bond donors (Lipinski definition) is 0. The van der Waals surface area contributed by atoms with Gasteiger partial charge in [-0.2, -0.15) is 0 Å². The number of benzene rings is 2. The van der Waals surface area contributed by atoms with Crippen molar-refractivity contribution in [1.82, 2.24) is 0 Å². The Bertz CT molecular complexity index is 724. The molecule has 0 saturated carbocycles. The summed E-state index contributed by atoms with van der Waals surface area (Å²) in [5, 5.41) is 11.2. The fraction of sp³-hybridized carbons (Fsp3) is 0.133. The van der Waals surface area contributed by atoms with Gasteiger partial charge < -0.3 is 4.74 Å².